The molecule has 4 rings (SSSR count). The van der Waals surface area contributed by atoms with Crippen molar-refractivity contribution in [1.29, 1.82) is 0 Å². The number of nitrogens with one attached hydrogen (secondary N) is 4. The maximum atomic E-state index is 15.4. The molecule has 0 unspecified atom stereocenters. The summed E-state index contributed by atoms with van der Waals surface area (Å²) in [4.78, 5) is 99.3. The van der Waals surface area contributed by atoms with Gasteiger partial charge in [0.15, 0.2) is 0 Å². The van der Waals surface area contributed by atoms with Crippen LogP contribution in [0.1, 0.15) is 109 Å². The van der Waals surface area contributed by atoms with Crippen molar-refractivity contribution in [2.24, 2.45) is 23.7 Å². The first-order valence-corrected chi connectivity index (χ1v) is 20.4. The Balaban J connectivity index is 0.000000320. The molecular formula is C40H62F2N4O14. The second kappa shape index (κ2) is 18.5. The standard InChI is InChI=1S/2C20H31FN2O7/c2*1-7-28-15(25)19(10-9-12-13(19)20(12,21)16(26)29-8-2)23-14(24)11(3)22-17(27)30-18(4,5)6/h2*11-13H,7-10H2,1-6H3,(H,22,27)(H,23,24)/t11-,12+,13+,19-,20+;11-,12-,13-,19+,20-/m11/s1. The second-order valence-corrected chi connectivity index (χ2v) is 17.3. The molecule has 4 aliphatic rings. The van der Waals surface area contributed by atoms with Crippen LogP contribution >= 0.6 is 0 Å². The summed E-state index contributed by atoms with van der Waals surface area (Å²) < 4.78 is 60.9. The first kappa shape index (κ1) is 49.6. The van der Waals surface area contributed by atoms with E-state index in [-0.39, 0.29) is 52.1 Å². The lowest BCUT2D eigenvalue weighted by atomic mass is 9.88. The van der Waals surface area contributed by atoms with E-state index >= 15 is 8.78 Å². The molecule has 0 spiro atoms. The molecule has 0 aromatic carbocycles. The third kappa shape index (κ3) is 10.2. The van der Waals surface area contributed by atoms with Crippen LogP contribution in [0.25, 0.3) is 0 Å². The van der Waals surface area contributed by atoms with E-state index in [1.807, 2.05) is 0 Å². The summed E-state index contributed by atoms with van der Waals surface area (Å²) in [6.07, 6.45) is -0.941. The Bertz CT molecular complexity index is 1560. The molecule has 4 N–H and O–H groups in total. The van der Waals surface area contributed by atoms with Crippen LogP contribution in [-0.4, -0.2) is 120 Å². The van der Waals surface area contributed by atoms with E-state index in [1.165, 1.54) is 13.8 Å². The number of esters is 4. The van der Waals surface area contributed by atoms with Crippen LogP contribution in [0.3, 0.4) is 0 Å². The average Bonchev–Trinajstić information content (AvgIpc) is 3.74. The molecule has 0 saturated heterocycles. The average molecular weight is 861 g/mol. The zero-order chi connectivity index (χ0) is 45.8. The lowest BCUT2D eigenvalue weighted by Gasteiger charge is -2.33. The van der Waals surface area contributed by atoms with Crippen LogP contribution in [0.5, 0.6) is 0 Å². The Kier molecular flexibility index (Phi) is 15.3. The number of halogens is 2. The molecule has 4 amide bonds. The SMILES string of the molecule is CCOC(=O)[C@@]1(F)[C@@H]2CC[C@@](NC(=O)[C@@H](C)NC(=O)OC(C)(C)C)(C(=O)OCC)[C@@H]21.CCOC(=O)[C@@]1(F)[C@H]2[C@@H]1CC[C@]2(NC(=O)[C@@H](C)NC(=O)OC(C)(C)C)C(=O)OCC. The minimum Gasteiger partial charge on any atom is -0.464 e. The normalized spacial score (nSPS) is 30.5. The molecule has 20 heteroatoms. The van der Waals surface area contributed by atoms with E-state index in [2.05, 4.69) is 21.3 Å². The van der Waals surface area contributed by atoms with Crippen LogP contribution in [0.15, 0.2) is 0 Å². The maximum Gasteiger partial charge on any atom is 0.408 e. The zero-order valence-corrected chi connectivity index (χ0v) is 36.6. The number of hydrogen-bond acceptors (Lipinski definition) is 14. The van der Waals surface area contributed by atoms with Gasteiger partial charge in [0.1, 0.15) is 34.4 Å². The van der Waals surface area contributed by atoms with Crippen molar-refractivity contribution in [3.63, 3.8) is 0 Å². The third-order valence-corrected chi connectivity index (χ3v) is 10.7. The molecule has 0 aromatic rings. The fourth-order valence-corrected chi connectivity index (χ4v) is 8.24. The van der Waals surface area contributed by atoms with Crippen molar-refractivity contribution in [2.75, 3.05) is 26.4 Å². The van der Waals surface area contributed by atoms with Crippen molar-refractivity contribution in [2.45, 2.75) is 154 Å². The number of carbonyl (C=O) groups excluding carboxylic acids is 8. The van der Waals surface area contributed by atoms with E-state index < -0.39 is 117 Å². The highest BCUT2D eigenvalue weighted by Crippen LogP contribution is 2.69. The number of carbonyl (C=O) groups is 8. The number of fused-ring (bicyclic) bond motifs is 2. The largest absolute Gasteiger partial charge is 0.464 e. The van der Waals surface area contributed by atoms with Gasteiger partial charge < -0.3 is 49.7 Å². The molecule has 4 saturated carbocycles. The predicted molar refractivity (Wildman–Crippen MR) is 206 cm³/mol. The Hall–Kier alpha value is -4.78. The van der Waals surface area contributed by atoms with E-state index in [0.29, 0.717) is 0 Å². The molecule has 18 nitrogen and oxygen atoms in total. The van der Waals surface area contributed by atoms with Crippen molar-refractivity contribution in [1.82, 2.24) is 21.3 Å². The molecule has 0 heterocycles. The molecule has 0 aromatic heterocycles. The second-order valence-electron chi connectivity index (χ2n) is 17.3. The molecule has 0 radical (unpaired) electrons. The van der Waals surface area contributed by atoms with Gasteiger partial charge in [-0.15, -0.1) is 0 Å². The topological polar surface area (TPSA) is 240 Å². The monoisotopic (exact) mass is 860 g/mol. The third-order valence-electron chi connectivity index (χ3n) is 10.7. The van der Waals surface area contributed by atoms with Gasteiger partial charge in [0.2, 0.25) is 23.2 Å². The Morgan fingerprint density at radius 3 is 1.10 bits per heavy atom. The van der Waals surface area contributed by atoms with Gasteiger partial charge >= 0.3 is 36.1 Å². The minimum atomic E-state index is -2.35. The summed E-state index contributed by atoms with van der Waals surface area (Å²) >= 11 is 0. The highest BCUT2D eigenvalue weighted by atomic mass is 19.2. The molecule has 340 valence electrons. The van der Waals surface area contributed by atoms with Gasteiger partial charge in [-0.05, 0) is 109 Å². The Morgan fingerprint density at radius 2 is 0.833 bits per heavy atom. The summed E-state index contributed by atoms with van der Waals surface area (Å²) in [7, 11) is 0. The van der Waals surface area contributed by atoms with Crippen molar-refractivity contribution in [3.05, 3.63) is 0 Å². The van der Waals surface area contributed by atoms with Crippen molar-refractivity contribution < 1.29 is 75.6 Å². The summed E-state index contributed by atoms with van der Waals surface area (Å²) in [5.74, 6) is -8.77. The molecule has 4 fully saturated rings. The minimum absolute atomic E-state index is 0.000445. The van der Waals surface area contributed by atoms with Gasteiger partial charge in [-0.2, -0.15) is 0 Å². The van der Waals surface area contributed by atoms with E-state index in [1.54, 1.807) is 69.2 Å². The lowest BCUT2D eigenvalue weighted by Crippen LogP contribution is -2.61. The number of alkyl carbamates (subject to hydrolysis) is 2. The quantitative estimate of drug-likeness (QED) is 0.145. The molecule has 0 bridgehead atoms. The highest BCUT2D eigenvalue weighted by molar-refractivity contribution is 5.97. The molecule has 10 atom stereocenters. The van der Waals surface area contributed by atoms with E-state index in [0.717, 1.165) is 0 Å². The van der Waals surface area contributed by atoms with Crippen LogP contribution in [-0.2, 0) is 57.2 Å². The number of alkyl halides is 2. The van der Waals surface area contributed by atoms with Crippen LogP contribution in [0.2, 0.25) is 0 Å². The van der Waals surface area contributed by atoms with E-state index in [9.17, 15) is 38.4 Å². The molecular weight excluding hydrogens is 798 g/mol. The number of amides is 4. The zero-order valence-electron chi connectivity index (χ0n) is 36.6. The van der Waals surface area contributed by atoms with Crippen LogP contribution < -0.4 is 21.3 Å². The van der Waals surface area contributed by atoms with Gasteiger partial charge in [0, 0.05) is 23.7 Å². The fourth-order valence-electron chi connectivity index (χ4n) is 8.24. The van der Waals surface area contributed by atoms with E-state index in [4.69, 9.17) is 28.4 Å². The summed E-state index contributed by atoms with van der Waals surface area (Å²) in [6.45, 7) is 19.2. The number of hydrogen-bond donors (Lipinski definition) is 4. The van der Waals surface area contributed by atoms with Gasteiger partial charge in [-0.1, -0.05) is 0 Å². The van der Waals surface area contributed by atoms with Crippen LogP contribution in [0.4, 0.5) is 18.4 Å². The van der Waals surface area contributed by atoms with Gasteiger partial charge in [0.25, 0.3) is 0 Å². The van der Waals surface area contributed by atoms with Gasteiger partial charge in [0.05, 0.1) is 26.4 Å². The fraction of sp³-hybridized carbons (Fsp3) is 0.800. The summed E-state index contributed by atoms with van der Waals surface area (Å²) in [6, 6.07) is -2.14. The van der Waals surface area contributed by atoms with Crippen molar-refractivity contribution in [3.8, 4) is 0 Å². The van der Waals surface area contributed by atoms with Crippen LogP contribution in [0, 0.1) is 23.7 Å². The van der Waals surface area contributed by atoms with Gasteiger partial charge in [-0.25, -0.2) is 37.5 Å². The molecule has 4 aliphatic carbocycles. The molecule has 0 aliphatic heterocycles. The Morgan fingerprint density at radius 1 is 0.550 bits per heavy atom. The molecule has 60 heavy (non-hydrogen) atoms. The Labute approximate surface area is 348 Å². The van der Waals surface area contributed by atoms with Gasteiger partial charge in [-0.3, -0.25) is 9.59 Å². The number of rotatable bonds is 14. The summed E-state index contributed by atoms with van der Waals surface area (Å²) in [5.41, 5.74) is -9.63. The predicted octanol–water partition coefficient (Wildman–Crippen LogP) is 3.26. The lowest BCUT2D eigenvalue weighted by molar-refractivity contribution is -0.160. The highest BCUT2D eigenvalue weighted by Gasteiger charge is 2.85. The summed E-state index contributed by atoms with van der Waals surface area (Å²) in [5, 5.41) is 9.87. The van der Waals surface area contributed by atoms with Crippen molar-refractivity contribution >= 4 is 47.9 Å². The first-order chi connectivity index (χ1) is 27.7. The number of ether oxygens (including phenoxy) is 6. The smallest absolute Gasteiger partial charge is 0.408 e. The first-order valence-electron chi connectivity index (χ1n) is 20.4. The maximum absolute atomic E-state index is 15.4.